The second-order valence-corrected chi connectivity index (χ2v) is 7.47. The number of anilines is 1. The predicted octanol–water partition coefficient (Wildman–Crippen LogP) is 1.85. The van der Waals surface area contributed by atoms with Crippen molar-refractivity contribution in [1.82, 2.24) is 4.90 Å². The maximum atomic E-state index is 11.4. The van der Waals surface area contributed by atoms with Crippen molar-refractivity contribution < 1.29 is 9.13 Å². The van der Waals surface area contributed by atoms with Crippen LogP contribution in [0.4, 0.5) is 11.4 Å². The average molecular weight is 311 g/mol. The first-order chi connectivity index (χ1) is 9.90. The lowest BCUT2D eigenvalue weighted by atomic mass is 10.0. The van der Waals surface area contributed by atoms with Gasteiger partial charge in [0.1, 0.15) is 5.69 Å². The van der Waals surface area contributed by atoms with Gasteiger partial charge in [0.05, 0.1) is 4.92 Å². The highest BCUT2D eigenvalue weighted by atomic mass is 32.2. The van der Waals surface area contributed by atoms with Gasteiger partial charge in [-0.05, 0) is 19.9 Å². The number of hydrogen-bond acceptors (Lipinski definition) is 5. The predicted molar refractivity (Wildman–Crippen MR) is 85.1 cm³/mol. The molecular weight excluding hydrogens is 290 g/mol. The molecule has 0 aliphatic carbocycles. The largest absolute Gasteiger partial charge is 0.378 e. The Morgan fingerprint density at radius 2 is 1.95 bits per heavy atom. The van der Waals surface area contributed by atoms with Crippen LogP contribution < -0.4 is 5.32 Å². The maximum Gasteiger partial charge on any atom is 0.292 e. The van der Waals surface area contributed by atoms with Crippen molar-refractivity contribution in [3.63, 3.8) is 0 Å². The van der Waals surface area contributed by atoms with Gasteiger partial charge in [-0.15, -0.1) is 0 Å². The van der Waals surface area contributed by atoms with Crippen molar-refractivity contribution in [2.75, 3.05) is 36.5 Å². The molecule has 1 fully saturated rings. The van der Waals surface area contributed by atoms with Gasteiger partial charge in [-0.3, -0.25) is 19.2 Å². The molecule has 0 aromatic heterocycles. The highest BCUT2D eigenvalue weighted by molar-refractivity contribution is 7.85. The summed E-state index contributed by atoms with van der Waals surface area (Å²) >= 11 is 0. The Kier molecular flexibility index (Phi) is 4.95. The number of nitro benzene ring substituents is 1. The summed E-state index contributed by atoms with van der Waals surface area (Å²) in [6.45, 7) is 6.41. The molecule has 1 aromatic carbocycles. The second-order valence-electron chi connectivity index (χ2n) is 5.78. The van der Waals surface area contributed by atoms with E-state index < -0.39 is 10.8 Å². The van der Waals surface area contributed by atoms with Crippen LogP contribution in [0.2, 0.25) is 0 Å². The van der Waals surface area contributed by atoms with E-state index in [1.54, 1.807) is 18.2 Å². The van der Waals surface area contributed by atoms with Crippen molar-refractivity contribution in [2.45, 2.75) is 19.4 Å². The van der Waals surface area contributed by atoms with E-state index in [9.17, 15) is 14.3 Å². The lowest BCUT2D eigenvalue weighted by Gasteiger charge is -2.40. The molecule has 0 amide bonds. The minimum Gasteiger partial charge on any atom is -0.378 e. The Labute approximate surface area is 127 Å². The molecule has 1 aliphatic heterocycles. The molecule has 1 aliphatic rings. The third-order valence-corrected chi connectivity index (χ3v) is 5.12. The van der Waals surface area contributed by atoms with E-state index in [4.69, 9.17) is 0 Å². The van der Waals surface area contributed by atoms with Crippen molar-refractivity contribution >= 4 is 22.2 Å². The van der Waals surface area contributed by atoms with Gasteiger partial charge >= 0.3 is 0 Å². The third kappa shape index (κ3) is 4.01. The number of para-hydroxylation sites is 2. The standard InChI is InChI=1S/C14H21N3O3S/c1-14(2,16-7-9-21(20)10-8-16)11-15-12-5-3-4-6-13(12)17(18)19/h3-6,15H,7-11H2,1-2H3. The van der Waals surface area contributed by atoms with Crippen molar-refractivity contribution in [3.05, 3.63) is 34.4 Å². The quantitative estimate of drug-likeness (QED) is 0.663. The topological polar surface area (TPSA) is 75.5 Å². The Morgan fingerprint density at radius 1 is 1.33 bits per heavy atom. The fourth-order valence-electron chi connectivity index (χ4n) is 2.45. The molecular formula is C14H21N3O3S. The van der Waals surface area contributed by atoms with Gasteiger partial charge in [0.15, 0.2) is 0 Å². The van der Waals surface area contributed by atoms with Crippen molar-refractivity contribution in [1.29, 1.82) is 0 Å². The molecule has 0 unspecified atom stereocenters. The smallest absolute Gasteiger partial charge is 0.292 e. The summed E-state index contributed by atoms with van der Waals surface area (Å²) in [7, 11) is -0.697. The molecule has 0 bridgehead atoms. The Balaban J connectivity index is 2.01. The first-order valence-electron chi connectivity index (χ1n) is 6.97. The molecule has 1 heterocycles. The molecule has 6 nitrogen and oxygen atoms in total. The maximum absolute atomic E-state index is 11.4. The Bertz CT molecular complexity index is 538. The first kappa shape index (κ1) is 15.9. The molecule has 2 rings (SSSR count). The molecule has 7 heteroatoms. The molecule has 0 radical (unpaired) electrons. The zero-order chi connectivity index (χ0) is 15.5. The van der Waals surface area contributed by atoms with E-state index in [2.05, 4.69) is 24.1 Å². The molecule has 1 saturated heterocycles. The van der Waals surface area contributed by atoms with Crippen LogP contribution in [0.5, 0.6) is 0 Å². The van der Waals surface area contributed by atoms with E-state index in [0.29, 0.717) is 23.7 Å². The number of rotatable bonds is 5. The Hall–Kier alpha value is -1.47. The van der Waals surface area contributed by atoms with Crippen molar-refractivity contribution in [3.8, 4) is 0 Å². The SMILES string of the molecule is CC(C)(CNc1ccccc1[N+](=O)[O-])N1CCS(=O)CC1. The second kappa shape index (κ2) is 6.53. The molecule has 0 saturated carbocycles. The number of nitro groups is 1. The normalized spacial score (nSPS) is 17.6. The molecule has 1 aromatic rings. The molecule has 116 valence electrons. The summed E-state index contributed by atoms with van der Waals surface area (Å²) in [6.07, 6.45) is 0. The first-order valence-corrected chi connectivity index (χ1v) is 8.46. The summed E-state index contributed by atoms with van der Waals surface area (Å²) < 4.78 is 11.4. The van der Waals surface area contributed by atoms with E-state index in [0.717, 1.165) is 13.1 Å². The molecule has 0 atom stereocenters. The van der Waals surface area contributed by atoms with Gasteiger partial charge < -0.3 is 5.32 Å². The lowest BCUT2D eigenvalue weighted by molar-refractivity contribution is -0.384. The summed E-state index contributed by atoms with van der Waals surface area (Å²) in [5, 5.41) is 14.2. The van der Waals surface area contributed by atoms with Crippen LogP contribution in [-0.4, -0.2) is 50.7 Å². The minimum atomic E-state index is -0.697. The van der Waals surface area contributed by atoms with Crippen LogP contribution in [-0.2, 0) is 10.8 Å². The average Bonchev–Trinajstić information content (AvgIpc) is 2.46. The molecule has 1 N–H and O–H groups in total. The van der Waals surface area contributed by atoms with Gasteiger partial charge in [0.2, 0.25) is 0 Å². The van der Waals surface area contributed by atoms with Gasteiger partial charge in [-0.1, -0.05) is 12.1 Å². The van der Waals surface area contributed by atoms with Crippen LogP contribution in [0.15, 0.2) is 24.3 Å². The van der Waals surface area contributed by atoms with Gasteiger partial charge in [-0.2, -0.15) is 0 Å². The van der Waals surface area contributed by atoms with Gasteiger partial charge in [0.25, 0.3) is 5.69 Å². The summed E-state index contributed by atoms with van der Waals surface area (Å²) in [6, 6.07) is 6.67. The molecule has 0 spiro atoms. The zero-order valence-corrected chi connectivity index (χ0v) is 13.2. The minimum absolute atomic E-state index is 0.0908. The van der Waals surface area contributed by atoms with Gasteiger partial charge in [0, 0.05) is 53.5 Å². The summed E-state index contributed by atoms with van der Waals surface area (Å²) in [5.41, 5.74) is 0.484. The highest BCUT2D eigenvalue weighted by Crippen LogP contribution is 2.25. The zero-order valence-electron chi connectivity index (χ0n) is 12.4. The number of hydrogen-bond donors (Lipinski definition) is 1. The Morgan fingerprint density at radius 3 is 2.57 bits per heavy atom. The third-order valence-electron chi connectivity index (χ3n) is 3.85. The monoisotopic (exact) mass is 311 g/mol. The van der Waals surface area contributed by atoms with E-state index in [-0.39, 0.29) is 16.1 Å². The number of nitrogens with zero attached hydrogens (tertiary/aromatic N) is 2. The number of nitrogens with one attached hydrogen (secondary N) is 1. The summed E-state index contributed by atoms with van der Waals surface area (Å²) in [4.78, 5) is 12.9. The number of benzene rings is 1. The summed E-state index contributed by atoms with van der Waals surface area (Å²) in [5.74, 6) is 1.41. The van der Waals surface area contributed by atoms with Crippen molar-refractivity contribution in [2.24, 2.45) is 0 Å². The van der Waals surface area contributed by atoms with Crippen LogP contribution >= 0.6 is 0 Å². The van der Waals surface area contributed by atoms with Crippen LogP contribution in [0.3, 0.4) is 0 Å². The van der Waals surface area contributed by atoms with Crippen LogP contribution in [0.1, 0.15) is 13.8 Å². The molecule has 21 heavy (non-hydrogen) atoms. The fourth-order valence-corrected chi connectivity index (χ4v) is 3.50. The van der Waals surface area contributed by atoms with E-state index in [1.807, 2.05) is 0 Å². The van der Waals surface area contributed by atoms with Crippen LogP contribution in [0.25, 0.3) is 0 Å². The van der Waals surface area contributed by atoms with Gasteiger partial charge in [-0.25, -0.2) is 0 Å². The van der Waals surface area contributed by atoms with E-state index in [1.165, 1.54) is 6.07 Å². The van der Waals surface area contributed by atoms with Crippen LogP contribution in [0, 0.1) is 10.1 Å². The highest BCUT2D eigenvalue weighted by Gasteiger charge is 2.30. The lowest BCUT2D eigenvalue weighted by Crippen LogP contribution is -2.53. The fraction of sp³-hybridized carbons (Fsp3) is 0.571. The van der Waals surface area contributed by atoms with E-state index >= 15 is 0 Å².